The highest BCUT2D eigenvalue weighted by Crippen LogP contribution is 1.93. The molecule has 0 aliphatic heterocycles. The third-order valence-corrected chi connectivity index (χ3v) is 2.02. The number of carbonyl (C=O) groups is 3. The molecule has 0 saturated heterocycles. The number of hydrogen-bond donors (Lipinski definition) is 3. The lowest BCUT2D eigenvalue weighted by Gasteiger charge is -2.19. The molecule has 4 N–H and O–H groups in total. The van der Waals surface area contributed by atoms with E-state index < -0.39 is 31.0 Å². The van der Waals surface area contributed by atoms with Crippen LogP contribution >= 0.6 is 0 Å². The van der Waals surface area contributed by atoms with Crippen LogP contribution in [0.3, 0.4) is 0 Å². The molecule has 0 aliphatic carbocycles. The Morgan fingerprint density at radius 2 is 1.88 bits per heavy atom. The molecule has 0 aliphatic rings. The lowest BCUT2D eigenvalue weighted by Crippen LogP contribution is -2.46. The Hall–Kier alpha value is -1.79. The van der Waals surface area contributed by atoms with Gasteiger partial charge >= 0.3 is 12.0 Å². The minimum absolute atomic E-state index is 0.397. The van der Waals surface area contributed by atoms with Gasteiger partial charge in [-0.25, -0.2) is 4.79 Å². The molecule has 0 radical (unpaired) electrons. The van der Waals surface area contributed by atoms with Gasteiger partial charge < -0.3 is 21.1 Å². The predicted octanol–water partition coefficient (Wildman–Crippen LogP) is -0.242. The number of hydrogen-bond acceptors (Lipinski definition) is 3. The van der Waals surface area contributed by atoms with Crippen molar-refractivity contribution in [2.75, 3.05) is 19.6 Å². The molecule has 3 amide bonds. The molecule has 7 heteroatoms. The summed E-state index contributed by atoms with van der Waals surface area (Å²) in [6.45, 7) is 1.56. The van der Waals surface area contributed by atoms with E-state index in [1.54, 1.807) is 0 Å². The number of amides is 3. The highest BCUT2D eigenvalue weighted by molar-refractivity contribution is 5.85. The fraction of sp³-hybridized carbons (Fsp3) is 0.700. The van der Waals surface area contributed by atoms with Crippen molar-refractivity contribution in [3.05, 3.63) is 0 Å². The summed E-state index contributed by atoms with van der Waals surface area (Å²) < 4.78 is 0. The standard InChI is InChI=1S/C10H19N3O4/c1-2-3-4-5-12-10(17)13(6-8(11)14)7-9(15)16/h2-7H2,1H3,(H2,11,14)(H,12,17)(H,15,16). The predicted molar refractivity (Wildman–Crippen MR) is 61.3 cm³/mol. The number of carboxylic acids is 1. The Morgan fingerprint density at radius 1 is 1.24 bits per heavy atom. The number of nitrogens with zero attached hydrogens (tertiary/aromatic N) is 1. The van der Waals surface area contributed by atoms with Crippen LogP contribution in [0.1, 0.15) is 26.2 Å². The fourth-order valence-corrected chi connectivity index (χ4v) is 1.23. The van der Waals surface area contributed by atoms with E-state index in [9.17, 15) is 14.4 Å². The van der Waals surface area contributed by atoms with Crippen molar-refractivity contribution in [2.45, 2.75) is 26.2 Å². The van der Waals surface area contributed by atoms with Crippen LogP contribution < -0.4 is 11.1 Å². The molecule has 7 nitrogen and oxygen atoms in total. The van der Waals surface area contributed by atoms with Crippen LogP contribution in [-0.2, 0) is 9.59 Å². The largest absolute Gasteiger partial charge is 0.480 e. The van der Waals surface area contributed by atoms with E-state index >= 15 is 0 Å². The number of nitrogens with two attached hydrogens (primary N) is 1. The average Bonchev–Trinajstić information content (AvgIpc) is 2.22. The van der Waals surface area contributed by atoms with E-state index in [1.165, 1.54) is 0 Å². The number of unbranched alkanes of at least 4 members (excludes halogenated alkanes) is 2. The molecule has 0 aromatic heterocycles. The second-order valence-corrected chi connectivity index (χ2v) is 3.66. The quantitative estimate of drug-likeness (QED) is 0.512. The summed E-state index contributed by atoms with van der Waals surface area (Å²) in [6, 6.07) is -0.581. The van der Waals surface area contributed by atoms with E-state index in [0.717, 1.165) is 24.2 Å². The van der Waals surface area contributed by atoms with Crippen LogP contribution in [0.15, 0.2) is 0 Å². The molecule has 0 saturated carbocycles. The Bertz CT molecular complexity index is 265. The highest BCUT2D eigenvalue weighted by Gasteiger charge is 2.17. The first-order valence-corrected chi connectivity index (χ1v) is 5.50. The number of nitrogens with one attached hydrogen (secondary N) is 1. The smallest absolute Gasteiger partial charge is 0.323 e. The van der Waals surface area contributed by atoms with Crippen LogP contribution in [0.25, 0.3) is 0 Å². The van der Waals surface area contributed by atoms with Gasteiger partial charge in [-0.3, -0.25) is 9.59 Å². The summed E-state index contributed by atoms with van der Waals surface area (Å²) in [4.78, 5) is 33.6. The second kappa shape index (κ2) is 8.37. The second-order valence-electron chi connectivity index (χ2n) is 3.66. The summed E-state index contributed by atoms with van der Waals surface area (Å²) in [6.07, 6.45) is 2.82. The van der Waals surface area contributed by atoms with Gasteiger partial charge in [0.05, 0.1) is 0 Å². The van der Waals surface area contributed by atoms with Gasteiger partial charge in [0.1, 0.15) is 13.1 Å². The Morgan fingerprint density at radius 3 is 2.35 bits per heavy atom. The molecular weight excluding hydrogens is 226 g/mol. The third kappa shape index (κ3) is 8.06. The number of aliphatic carboxylic acids is 1. The van der Waals surface area contributed by atoms with E-state index in [-0.39, 0.29) is 0 Å². The zero-order chi connectivity index (χ0) is 13.3. The molecule has 0 aromatic rings. The summed E-state index contributed by atoms with van der Waals surface area (Å²) >= 11 is 0. The molecule has 0 spiro atoms. The van der Waals surface area contributed by atoms with Gasteiger partial charge in [-0.1, -0.05) is 19.8 Å². The first-order chi connectivity index (χ1) is 7.97. The maximum atomic E-state index is 11.5. The summed E-state index contributed by atoms with van der Waals surface area (Å²) in [5.74, 6) is -1.93. The molecule has 0 rings (SSSR count). The number of carbonyl (C=O) groups excluding carboxylic acids is 2. The minimum atomic E-state index is -1.19. The van der Waals surface area contributed by atoms with Crippen LogP contribution in [0.5, 0.6) is 0 Å². The van der Waals surface area contributed by atoms with Crippen LogP contribution in [0.4, 0.5) is 4.79 Å². The highest BCUT2D eigenvalue weighted by atomic mass is 16.4. The lowest BCUT2D eigenvalue weighted by molar-refractivity contribution is -0.137. The first-order valence-electron chi connectivity index (χ1n) is 5.50. The van der Waals surface area contributed by atoms with Gasteiger partial charge in [-0.2, -0.15) is 0 Å². The van der Waals surface area contributed by atoms with Crippen LogP contribution in [0.2, 0.25) is 0 Å². The molecule has 0 aromatic carbocycles. The van der Waals surface area contributed by atoms with E-state index in [2.05, 4.69) is 5.32 Å². The summed E-state index contributed by atoms with van der Waals surface area (Å²) in [7, 11) is 0. The van der Waals surface area contributed by atoms with Crippen molar-refractivity contribution in [1.29, 1.82) is 0 Å². The van der Waals surface area contributed by atoms with Gasteiger partial charge in [-0.05, 0) is 6.42 Å². The van der Waals surface area contributed by atoms with Gasteiger partial charge in [0.25, 0.3) is 0 Å². The van der Waals surface area contributed by atoms with Crippen LogP contribution in [0, 0.1) is 0 Å². The van der Waals surface area contributed by atoms with Gasteiger partial charge in [-0.15, -0.1) is 0 Å². The van der Waals surface area contributed by atoms with Gasteiger partial charge in [0, 0.05) is 6.54 Å². The van der Waals surface area contributed by atoms with Crippen molar-refractivity contribution >= 4 is 17.9 Å². The number of primary amides is 1. The fourth-order valence-electron chi connectivity index (χ4n) is 1.23. The summed E-state index contributed by atoms with van der Waals surface area (Å²) in [5.41, 5.74) is 4.93. The van der Waals surface area contributed by atoms with E-state index in [4.69, 9.17) is 10.8 Å². The Balaban J connectivity index is 4.12. The molecule has 0 atom stereocenters. The number of rotatable bonds is 8. The normalized spacial score (nSPS) is 9.71. The monoisotopic (exact) mass is 245 g/mol. The Labute approximate surface area is 100.0 Å². The topological polar surface area (TPSA) is 113 Å². The van der Waals surface area contributed by atoms with Crippen LogP contribution in [-0.4, -0.2) is 47.5 Å². The number of urea groups is 1. The van der Waals surface area contributed by atoms with Crippen molar-refractivity contribution < 1.29 is 19.5 Å². The number of carboxylic acid groups (broad SMARTS) is 1. The molecule has 0 unspecified atom stereocenters. The van der Waals surface area contributed by atoms with Crippen molar-refractivity contribution in [3.8, 4) is 0 Å². The van der Waals surface area contributed by atoms with Crippen molar-refractivity contribution in [2.24, 2.45) is 5.73 Å². The lowest BCUT2D eigenvalue weighted by atomic mass is 10.2. The molecule has 0 fully saturated rings. The summed E-state index contributed by atoms with van der Waals surface area (Å²) in [5, 5.41) is 11.1. The Kier molecular flexibility index (Phi) is 7.49. The van der Waals surface area contributed by atoms with Crippen molar-refractivity contribution in [3.63, 3.8) is 0 Å². The molecule has 17 heavy (non-hydrogen) atoms. The zero-order valence-electron chi connectivity index (χ0n) is 9.94. The van der Waals surface area contributed by atoms with Crippen molar-refractivity contribution in [1.82, 2.24) is 10.2 Å². The first kappa shape index (κ1) is 15.2. The maximum Gasteiger partial charge on any atom is 0.323 e. The molecule has 98 valence electrons. The van der Waals surface area contributed by atoms with E-state index in [0.29, 0.717) is 6.54 Å². The minimum Gasteiger partial charge on any atom is -0.480 e. The molecule has 0 heterocycles. The third-order valence-electron chi connectivity index (χ3n) is 2.02. The van der Waals surface area contributed by atoms with Gasteiger partial charge in [0.2, 0.25) is 5.91 Å². The van der Waals surface area contributed by atoms with Gasteiger partial charge in [0.15, 0.2) is 0 Å². The zero-order valence-corrected chi connectivity index (χ0v) is 9.94. The molecule has 0 bridgehead atoms. The van der Waals surface area contributed by atoms with E-state index in [1.807, 2.05) is 6.92 Å². The molecular formula is C10H19N3O4. The maximum absolute atomic E-state index is 11.5. The SMILES string of the molecule is CCCCCNC(=O)N(CC(N)=O)CC(=O)O. The average molecular weight is 245 g/mol.